The lowest BCUT2D eigenvalue weighted by atomic mass is 9.50. The normalized spacial score (nSPS) is 25.3. The van der Waals surface area contributed by atoms with E-state index < -0.39 is 0 Å². The van der Waals surface area contributed by atoms with E-state index in [1.54, 1.807) is 0 Å². The molecular weight excluding hydrogens is 472 g/mol. The minimum Gasteiger partial charge on any atom is -0.306 e. The molecule has 0 N–H and O–H groups in total. The number of ketones is 1. The molecule has 2 aliphatic heterocycles. The second kappa shape index (κ2) is 12.7. The Hall–Kier alpha value is -1.57. The number of piperidine rings is 1. The van der Waals surface area contributed by atoms with Crippen LogP contribution in [0.15, 0.2) is 12.4 Å². The Kier molecular flexibility index (Phi) is 9.86. The Morgan fingerprint density at radius 2 is 1.68 bits per heavy atom. The summed E-state index contributed by atoms with van der Waals surface area (Å²) in [5.41, 5.74) is 1.97. The van der Waals surface area contributed by atoms with Crippen LogP contribution in [0.3, 0.4) is 0 Å². The second-order valence-corrected chi connectivity index (χ2v) is 13.1. The van der Waals surface area contributed by atoms with Crippen molar-refractivity contribution in [2.24, 2.45) is 17.3 Å². The van der Waals surface area contributed by atoms with E-state index in [2.05, 4.69) is 67.0 Å². The molecule has 2 saturated carbocycles. The topological polar surface area (TPSA) is 55.8 Å². The smallest absolute Gasteiger partial charge is 0.240 e. The highest BCUT2D eigenvalue weighted by Crippen LogP contribution is 2.59. The minimum absolute atomic E-state index is 0.257. The lowest BCUT2D eigenvalue weighted by Crippen LogP contribution is -2.63. The van der Waals surface area contributed by atoms with Crippen LogP contribution in [0.5, 0.6) is 0 Å². The third-order valence-corrected chi connectivity index (χ3v) is 9.80. The highest BCUT2D eigenvalue weighted by Gasteiger charge is 2.50. The Morgan fingerprint density at radius 1 is 1.05 bits per heavy atom. The summed E-state index contributed by atoms with van der Waals surface area (Å²) >= 11 is 0. The number of nitrogens with zero attached hydrogens (tertiary/aromatic N) is 6. The van der Waals surface area contributed by atoms with E-state index in [-0.39, 0.29) is 5.92 Å². The minimum atomic E-state index is 0.257. The van der Waals surface area contributed by atoms with Crippen LogP contribution in [-0.4, -0.2) is 82.5 Å². The van der Waals surface area contributed by atoms with Gasteiger partial charge in [0.05, 0.1) is 12.7 Å². The van der Waals surface area contributed by atoms with E-state index >= 15 is 0 Å². The van der Waals surface area contributed by atoms with Crippen LogP contribution < -0.4 is 5.01 Å². The van der Waals surface area contributed by atoms with Crippen molar-refractivity contribution in [3.8, 4) is 0 Å². The fourth-order valence-electron chi connectivity index (χ4n) is 6.88. The molecule has 1 unspecified atom stereocenters. The number of rotatable bonds is 7. The SMILES string of the molecule is CC(C)C(=O)C1CC2(CCC2)C1.CCC1CN(C(C)C)CN(CC)N1c1ncc(C2CCN(C)CC2)cn1. The fourth-order valence-corrected chi connectivity index (χ4v) is 6.88. The van der Waals surface area contributed by atoms with E-state index in [1.165, 1.54) is 63.6 Å². The average Bonchev–Trinajstić information content (AvgIpc) is 2.87. The molecule has 214 valence electrons. The van der Waals surface area contributed by atoms with E-state index in [0.717, 1.165) is 32.1 Å². The quantitative estimate of drug-likeness (QED) is 0.460. The molecule has 1 aromatic heterocycles. The summed E-state index contributed by atoms with van der Waals surface area (Å²) < 4.78 is 0. The van der Waals surface area contributed by atoms with Gasteiger partial charge >= 0.3 is 0 Å². The van der Waals surface area contributed by atoms with Crippen LogP contribution in [0, 0.1) is 17.3 Å². The average molecular weight is 527 g/mol. The van der Waals surface area contributed by atoms with Crippen molar-refractivity contribution in [1.29, 1.82) is 0 Å². The number of anilines is 1. The molecule has 3 heterocycles. The van der Waals surface area contributed by atoms with Crippen LogP contribution in [0.2, 0.25) is 0 Å². The molecule has 1 atom stereocenters. The number of carbonyl (C=O) groups excluding carboxylic acids is 1. The van der Waals surface area contributed by atoms with Gasteiger partial charge in [0.2, 0.25) is 5.95 Å². The van der Waals surface area contributed by atoms with Gasteiger partial charge in [0.25, 0.3) is 0 Å². The molecule has 4 fully saturated rings. The van der Waals surface area contributed by atoms with Gasteiger partial charge in [0, 0.05) is 43.4 Å². The van der Waals surface area contributed by atoms with Gasteiger partial charge in [-0.25, -0.2) is 15.0 Å². The number of hydrazine groups is 1. The van der Waals surface area contributed by atoms with Crippen LogP contribution in [0.25, 0.3) is 0 Å². The summed E-state index contributed by atoms with van der Waals surface area (Å²) in [6.07, 6.45) is 14.3. The van der Waals surface area contributed by atoms with Crippen LogP contribution in [0.4, 0.5) is 5.95 Å². The van der Waals surface area contributed by atoms with Crippen LogP contribution in [-0.2, 0) is 4.79 Å². The number of hydrogen-bond donors (Lipinski definition) is 0. The molecule has 7 nitrogen and oxygen atoms in total. The molecule has 0 aromatic carbocycles. The lowest BCUT2D eigenvalue weighted by molar-refractivity contribution is -0.137. The molecule has 1 spiro atoms. The van der Waals surface area contributed by atoms with Crippen molar-refractivity contribution in [3.05, 3.63) is 18.0 Å². The zero-order valence-corrected chi connectivity index (χ0v) is 25.3. The summed E-state index contributed by atoms with van der Waals surface area (Å²) in [4.78, 5) is 26.1. The number of Topliss-reactive ketones (excluding diaryl/α,β-unsaturated/α-hetero) is 1. The van der Waals surface area contributed by atoms with E-state index in [0.29, 0.717) is 35.1 Å². The van der Waals surface area contributed by atoms with Gasteiger partial charge in [-0.05, 0) is 95.8 Å². The Labute approximate surface area is 232 Å². The molecule has 0 amide bonds. The molecular formula is C31H54N6O. The molecule has 0 bridgehead atoms. The fraction of sp³-hybridized carbons (Fsp3) is 0.839. The van der Waals surface area contributed by atoms with Crippen molar-refractivity contribution < 1.29 is 4.79 Å². The van der Waals surface area contributed by atoms with Gasteiger partial charge in [-0.1, -0.05) is 34.1 Å². The van der Waals surface area contributed by atoms with Gasteiger partial charge in [0.15, 0.2) is 0 Å². The Bertz CT molecular complexity index is 868. The molecule has 7 heteroatoms. The molecule has 2 saturated heterocycles. The predicted octanol–water partition coefficient (Wildman–Crippen LogP) is 5.58. The first kappa shape index (κ1) is 29.4. The van der Waals surface area contributed by atoms with Crippen LogP contribution >= 0.6 is 0 Å². The first-order valence-corrected chi connectivity index (χ1v) is 15.5. The summed E-state index contributed by atoms with van der Waals surface area (Å²) in [6, 6.07) is 0.994. The van der Waals surface area contributed by atoms with Crippen molar-refractivity contribution in [1.82, 2.24) is 24.8 Å². The first-order chi connectivity index (χ1) is 18.2. The highest BCUT2D eigenvalue weighted by molar-refractivity contribution is 5.83. The molecule has 2 aliphatic carbocycles. The van der Waals surface area contributed by atoms with Crippen LogP contribution in [0.1, 0.15) is 104 Å². The highest BCUT2D eigenvalue weighted by atomic mass is 16.1. The zero-order valence-electron chi connectivity index (χ0n) is 25.3. The summed E-state index contributed by atoms with van der Waals surface area (Å²) in [7, 11) is 2.21. The second-order valence-electron chi connectivity index (χ2n) is 13.1. The Balaban J connectivity index is 0.000000232. The van der Waals surface area contributed by atoms with E-state index in [9.17, 15) is 4.79 Å². The number of carbonyl (C=O) groups is 1. The third-order valence-electron chi connectivity index (χ3n) is 9.80. The maximum Gasteiger partial charge on any atom is 0.240 e. The monoisotopic (exact) mass is 526 g/mol. The lowest BCUT2D eigenvalue weighted by Gasteiger charge is -2.54. The number of likely N-dealkylation sites (tertiary alicyclic amines) is 1. The maximum absolute atomic E-state index is 11.6. The molecule has 5 rings (SSSR count). The zero-order chi connectivity index (χ0) is 27.4. The van der Waals surface area contributed by atoms with Gasteiger partial charge < -0.3 is 4.90 Å². The molecule has 4 aliphatic rings. The Morgan fingerprint density at radius 3 is 2.16 bits per heavy atom. The third kappa shape index (κ3) is 6.59. The van der Waals surface area contributed by atoms with Gasteiger partial charge in [-0.15, -0.1) is 0 Å². The summed E-state index contributed by atoms with van der Waals surface area (Å²) in [5.74, 6) is 2.67. The summed E-state index contributed by atoms with van der Waals surface area (Å²) in [6.45, 7) is 18.4. The molecule has 1 aromatic rings. The van der Waals surface area contributed by atoms with Gasteiger partial charge in [-0.2, -0.15) is 0 Å². The van der Waals surface area contributed by atoms with Crippen molar-refractivity contribution in [2.75, 3.05) is 44.9 Å². The van der Waals surface area contributed by atoms with Crippen molar-refractivity contribution >= 4 is 11.7 Å². The maximum atomic E-state index is 11.6. The number of aromatic nitrogens is 2. The van der Waals surface area contributed by atoms with Crippen molar-refractivity contribution in [3.63, 3.8) is 0 Å². The summed E-state index contributed by atoms with van der Waals surface area (Å²) in [5, 5.41) is 4.74. The van der Waals surface area contributed by atoms with Crippen molar-refractivity contribution in [2.45, 2.75) is 111 Å². The van der Waals surface area contributed by atoms with E-state index in [4.69, 9.17) is 9.97 Å². The molecule has 38 heavy (non-hydrogen) atoms. The van der Waals surface area contributed by atoms with E-state index in [1.807, 2.05) is 13.8 Å². The standard InChI is InChI=1S/C20H36N6.C11H18O/c1-6-19-14-24(16(3)4)15-25(7-2)26(19)20-21-12-18(13-22-20)17-8-10-23(5)11-9-17;1-8(2)10(12)9-6-11(7-9)4-3-5-11/h12-13,16-17,19H,6-11,14-15H2,1-5H3;8-9H,3-7H2,1-2H3. The number of hydrogen-bond acceptors (Lipinski definition) is 7. The first-order valence-electron chi connectivity index (χ1n) is 15.5. The van der Waals surface area contributed by atoms with Gasteiger partial charge in [0.1, 0.15) is 5.78 Å². The predicted molar refractivity (Wildman–Crippen MR) is 156 cm³/mol. The van der Waals surface area contributed by atoms with Gasteiger partial charge in [-0.3, -0.25) is 14.7 Å². The largest absolute Gasteiger partial charge is 0.306 e. The molecule has 0 radical (unpaired) electrons.